The second-order valence-electron chi connectivity index (χ2n) is 6.16. The van der Waals surface area contributed by atoms with E-state index in [2.05, 4.69) is 27.9 Å². The SMILES string of the molecule is Cc1cc(I)ccc1Nc1c(C(=O)NO)cc(F)c(F)c1F.NC(=O)c1ccccc1. The maximum atomic E-state index is 14.0. The number of nitrogens with two attached hydrogens (primary N) is 1. The zero-order valence-corrected chi connectivity index (χ0v) is 18.2. The Morgan fingerprint density at radius 3 is 2.16 bits per heavy atom. The molecular formula is C21H17F3IN3O3. The summed E-state index contributed by atoms with van der Waals surface area (Å²) in [4.78, 5) is 21.9. The molecule has 0 aliphatic carbocycles. The molecule has 3 aromatic rings. The van der Waals surface area contributed by atoms with Crippen LogP contribution >= 0.6 is 22.6 Å². The highest BCUT2D eigenvalue weighted by atomic mass is 127. The van der Waals surface area contributed by atoms with Gasteiger partial charge >= 0.3 is 0 Å². The van der Waals surface area contributed by atoms with Crippen LogP contribution in [-0.4, -0.2) is 17.0 Å². The molecule has 0 saturated heterocycles. The van der Waals surface area contributed by atoms with Crippen LogP contribution < -0.4 is 16.5 Å². The predicted octanol–water partition coefficient (Wildman–Crippen LogP) is 4.67. The maximum Gasteiger partial charge on any atom is 0.276 e. The van der Waals surface area contributed by atoms with Crippen molar-refractivity contribution < 1.29 is 28.0 Å². The summed E-state index contributed by atoms with van der Waals surface area (Å²) in [5.74, 6) is -6.32. The van der Waals surface area contributed by atoms with Crippen molar-refractivity contribution in [1.82, 2.24) is 5.48 Å². The summed E-state index contributed by atoms with van der Waals surface area (Å²) in [7, 11) is 0. The fourth-order valence-electron chi connectivity index (χ4n) is 2.46. The van der Waals surface area contributed by atoms with E-state index in [4.69, 9.17) is 10.9 Å². The summed E-state index contributed by atoms with van der Waals surface area (Å²) in [5.41, 5.74) is 6.81. The van der Waals surface area contributed by atoms with Gasteiger partial charge in [0.05, 0.1) is 11.3 Å². The molecule has 3 aromatic carbocycles. The molecule has 2 amide bonds. The molecule has 0 saturated carbocycles. The van der Waals surface area contributed by atoms with Crippen molar-refractivity contribution in [2.24, 2.45) is 5.73 Å². The van der Waals surface area contributed by atoms with E-state index in [1.165, 1.54) is 5.48 Å². The first-order valence-corrected chi connectivity index (χ1v) is 9.73. The predicted molar refractivity (Wildman–Crippen MR) is 118 cm³/mol. The highest BCUT2D eigenvalue weighted by Crippen LogP contribution is 2.30. The molecule has 0 bridgehead atoms. The molecule has 5 N–H and O–H groups in total. The lowest BCUT2D eigenvalue weighted by atomic mass is 10.1. The fourth-order valence-corrected chi connectivity index (χ4v) is 3.11. The number of carbonyl (C=O) groups excluding carboxylic acids is 2. The topological polar surface area (TPSA) is 104 Å². The summed E-state index contributed by atoms with van der Waals surface area (Å²) in [6, 6.07) is 14.4. The van der Waals surface area contributed by atoms with Gasteiger partial charge in [0.2, 0.25) is 5.91 Å². The van der Waals surface area contributed by atoms with Crippen LogP contribution in [-0.2, 0) is 0 Å². The molecular weight excluding hydrogens is 526 g/mol. The number of rotatable bonds is 4. The molecule has 0 atom stereocenters. The van der Waals surface area contributed by atoms with Crippen LogP contribution in [0.25, 0.3) is 0 Å². The molecule has 0 fully saturated rings. The summed E-state index contributed by atoms with van der Waals surface area (Å²) in [6.45, 7) is 1.73. The molecule has 0 unspecified atom stereocenters. The monoisotopic (exact) mass is 543 g/mol. The number of anilines is 2. The normalized spacial score (nSPS) is 10.0. The lowest BCUT2D eigenvalue weighted by Gasteiger charge is -2.15. The van der Waals surface area contributed by atoms with Gasteiger partial charge in [0, 0.05) is 14.8 Å². The van der Waals surface area contributed by atoms with E-state index in [1.807, 2.05) is 6.07 Å². The number of hydrogen-bond donors (Lipinski definition) is 4. The number of benzene rings is 3. The first-order chi connectivity index (χ1) is 14.6. The average molecular weight is 543 g/mol. The number of primary amides is 1. The van der Waals surface area contributed by atoms with Crippen LogP contribution in [0.15, 0.2) is 54.6 Å². The van der Waals surface area contributed by atoms with Gasteiger partial charge in [0.1, 0.15) is 0 Å². The third-order valence-corrected chi connectivity index (χ3v) is 4.69. The summed E-state index contributed by atoms with van der Waals surface area (Å²) < 4.78 is 41.6. The third-order valence-electron chi connectivity index (χ3n) is 4.01. The number of aryl methyl sites for hydroxylation is 1. The maximum absolute atomic E-state index is 14.0. The molecule has 0 aliphatic heterocycles. The zero-order valence-electron chi connectivity index (χ0n) is 16.0. The summed E-state index contributed by atoms with van der Waals surface area (Å²) in [5, 5.41) is 11.2. The Morgan fingerprint density at radius 1 is 1.00 bits per heavy atom. The van der Waals surface area contributed by atoms with E-state index < -0.39 is 34.6 Å². The van der Waals surface area contributed by atoms with Crippen LogP contribution in [0.5, 0.6) is 0 Å². The van der Waals surface area contributed by atoms with Crippen molar-refractivity contribution in [1.29, 1.82) is 0 Å². The average Bonchev–Trinajstić information content (AvgIpc) is 2.76. The number of carbonyl (C=O) groups is 2. The van der Waals surface area contributed by atoms with Gasteiger partial charge in [-0.3, -0.25) is 14.8 Å². The van der Waals surface area contributed by atoms with Gasteiger partial charge < -0.3 is 11.1 Å². The Balaban J connectivity index is 0.000000316. The first-order valence-electron chi connectivity index (χ1n) is 8.65. The van der Waals surface area contributed by atoms with Gasteiger partial charge in [-0.05, 0) is 71.5 Å². The number of halogens is 4. The van der Waals surface area contributed by atoms with Crippen molar-refractivity contribution >= 4 is 45.8 Å². The Bertz CT molecular complexity index is 1110. The van der Waals surface area contributed by atoms with Crippen LogP contribution in [0.1, 0.15) is 26.3 Å². The first kappa shape index (κ1) is 24.2. The van der Waals surface area contributed by atoms with Crippen molar-refractivity contribution in [3.8, 4) is 0 Å². The van der Waals surface area contributed by atoms with E-state index >= 15 is 0 Å². The van der Waals surface area contributed by atoms with E-state index in [9.17, 15) is 22.8 Å². The van der Waals surface area contributed by atoms with E-state index in [-0.39, 0.29) is 5.91 Å². The molecule has 10 heteroatoms. The zero-order chi connectivity index (χ0) is 23.1. The van der Waals surface area contributed by atoms with Crippen LogP contribution in [0.2, 0.25) is 0 Å². The second-order valence-corrected chi connectivity index (χ2v) is 7.41. The Labute approximate surface area is 189 Å². The van der Waals surface area contributed by atoms with Gasteiger partial charge in [-0.15, -0.1) is 0 Å². The quantitative estimate of drug-likeness (QED) is 0.166. The summed E-state index contributed by atoms with van der Waals surface area (Å²) >= 11 is 2.08. The minimum atomic E-state index is -1.71. The van der Waals surface area contributed by atoms with Gasteiger partial charge in [0.25, 0.3) is 5.91 Å². The number of hydroxylamine groups is 1. The standard InChI is InChI=1S/C14H10F3IN2O2.C7H7NO/c1-6-4-7(18)2-3-10(6)19-13-8(14(21)20-22)5-9(15)11(16)12(13)17;8-7(9)6-4-2-1-3-5-6/h2-5,19,22H,1H3,(H,20,21);1-5H,(H2,8,9). The van der Waals surface area contributed by atoms with Crippen molar-refractivity contribution in [3.63, 3.8) is 0 Å². The highest BCUT2D eigenvalue weighted by Gasteiger charge is 2.23. The van der Waals surface area contributed by atoms with Gasteiger partial charge in [-0.1, -0.05) is 18.2 Å². The molecule has 162 valence electrons. The second kappa shape index (κ2) is 10.8. The molecule has 0 aromatic heterocycles. The van der Waals surface area contributed by atoms with Gasteiger partial charge in [0.15, 0.2) is 17.5 Å². The molecule has 3 rings (SSSR count). The fraction of sp³-hybridized carbons (Fsp3) is 0.0476. The molecule has 6 nitrogen and oxygen atoms in total. The van der Waals surface area contributed by atoms with Gasteiger partial charge in [-0.25, -0.2) is 18.7 Å². The van der Waals surface area contributed by atoms with E-state index in [0.717, 1.165) is 3.57 Å². The molecule has 0 aliphatic rings. The molecule has 0 heterocycles. The van der Waals surface area contributed by atoms with Crippen LogP contribution in [0, 0.1) is 27.9 Å². The molecule has 0 radical (unpaired) electrons. The molecule has 31 heavy (non-hydrogen) atoms. The van der Waals surface area contributed by atoms with Crippen molar-refractivity contribution in [2.45, 2.75) is 6.92 Å². The Morgan fingerprint density at radius 2 is 1.65 bits per heavy atom. The van der Waals surface area contributed by atoms with E-state index in [1.54, 1.807) is 49.4 Å². The number of amides is 2. The number of hydrogen-bond acceptors (Lipinski definition) is 4. The Hall–Kier alpha value is -3.12. The lowest BCUT2D eigenvalue weighted by Crippen LogP contribution is -2.21. The molecule has 0 spiro atoms. The largest absolute Gasteiger partial charge is 0.366 e. The minimum absolute atomic E-state index is 0.379. The van der Waals surface area contributed by atoms with Crippen molar-refractivity contribution in [3.05, 3.63) is 92.3 Å². The van der Waals surface area contributed by atoms with Crippen LogP contribution in [0.4, 0.5) is 24.5 Å². The lowest BCUT2D eigenvalue weighted by molar-refractivity contribution is 0.0706. The Kier molecular flexibility index (Phi) is 8.39. The third kappa shape index (κ3) is 6.18. The smallest absolute Gasteiger partial charge is 0.276 e. The van der Waals surface area contributed by atoms with Crippen molar-refractivity contribution in [2.75, 3.05) is 5.32 Å². The summed E-state index contributed by atoms with van der Waals surface area (Å²) in [6.07, 6.45) is 0. The highest BCUT2D eigenvalue weighted by molar-refractivity contribution is 14.1. The van der Waals surface area contributed by atoms with Gasteiger partial charge in [-0.2, -0.15) is 0 Å². The van der Waals surface area contributed by atoms with E-state index in [0.29, 0.717) is 22.9 Å². The minimum Gasteiger partial charge on any atom is -0.366 e. The van der Waals surface area contributed by atoms with Crippen LogP contribution in [0.3, 0.4) is 0 Å². The number of nitrogens with one attached hydrogen (secondary N) is 2.